The van der Waals surface area contributed by atoms with Gasteiger partial charge in [0, 0.05) is 11.6 Å². The van der Waals surface area contributed by atoms with Gasteiger partial charge >= 0.3 is 0 Å². The average Bonchev–Trinajstić information content (AvgIpc) is 2.42. The lowest BCUT2D eigenvalue weighted by Gasteiger charge is -2.15. The van der Waals surface area contributed by atoms with E-state index < -0.39 is 0 Å². The van der Waals surface area contributed by atoms with E-state index >= 15 is 0 Å². The van der Waals surface area contributed by atoms with Gasteiger partial charge in [0.25, 0.3) is 0 Å². The van der Waals surface area contributed by atoms with Gasteiger partial charge in [0.1, 0.15) is 17.3 Å². The topological polar surface area (TPSA) is 59.0 Å². The smallest absolute Gasteiger partial charge is 0.132 e. The van der Waals surface area contributed by atoms with Crippen LogP contribution in [-0.2, 0) is 0 Å². The Hall–Kier alpha value is -2.38. The van der Waals surface area contributed by atoms with Gasteiger partial charge in [-0.2, -0.15) is 5.26 Å². The lowest BCUT2D eigenvalue weighted by Crippen LogP contribution is -2.08. The number of hydrogen-bond donors (Lipinski definition) is 1. The second kappa shape index (κ2) is 5.72. The summed E-state index contributed by atoms with van der Waals surface area (Å²) in [6.45, 7) is 3.43. The Kier molecular flexibility index (Phi) is 4.02. The quantitative estimate of drug-likeness (QED) is 0.922. The lowest BCUT2D eigenvalue weighted by molar-refractivity contribution is 0.468. The predicted octanol–water partition coefficient (Wildman–Crippen LogP) is 3.82. The number of rotatable bonds is 3. The highest BCUT2D eigenvalue weighted by Crippen LogP contribution is 2.31. The van der Waals surface area contributed by atoms with Gasteiger partial charge in [-0.3, -0.25) is 0 Å². The Balaban J connectivity index is 2.42. The zero-order valence-corrected chi connectivity index (χ0v) is 11.4. The summed E-state index contributed by atoms with van der Waals surface area (Å²) in [4.78, 5) is 0. The highest BCUT2D eigenvalue weighted by molar-refractivity contribution is 5.44. The van der Waals surface area contributed by atoms with Crippen LogP contribution in [0.4, 0.5) is 4.39 Å². The second-order valence-electron chi connectivity index (χ2n) is 4.67. The van der Waals surface area contributed by atoms with Crippen molar-refractivity contribution in [2.75, 3.05) is 0 Å². The van der Waals surface area contributed by atoms with Crippen molar-refractivity contribution in [3.8, 4) is 17.6 Å². The molecule has 0 aliphatic carbocycles. The largest absolute Gasteiger partial charge is 0.457 e. The fraction of sp³-hybridized carbons (Fsp3) is 0.188. The van der Waals surface area contributed by atoms with E-state index in [1.165, 1.54) is 6.07 Å². The van der Waals surface area contributed by atoms with E-state index in [9.17, 15) is 4.39 Å². The molecule has 0 radical (unpaired) electrons. The van der Waals surface area contributed by atoms with E-state index in [4.69, 9.17) is 15.7 Å². The Morgan fingerprint density at radius 1 is 1.30 bits per heavy atom. The first-order valence-electron chi connectivity index (χ1n) is 6.25. The molecule has 0 spiro atoms. The van der Waals surface area contributed by atoms with Crippen LogP contribution in [0.3, 0.4) is 0 Å². The number of halogens is 1. The maximum atomic E-state index is 13.6. The average molecular weight is 270 g/mol. The molecular weight excluding hydrogens is 255 g/mol. The number of ether oxygens (including phenoxy) is 1. The highest BCUT2D eigenvalue weighted by atomic mass is 19.1. The first-order valence-corrected chi connectivity index (χ1v) is 6.25. The van der Waals surface area contributed by atoms with Gasteiger partial charge in [0.05, 0.1) is 11.6 Å². The first kappa shape index (κ1) is 14.0. The van der Waals surface area contributed by atoms with Crippen molar-refractivity contribution < 1.29 is 9.13 Å². The summed E-state index contributed by atoms with van der Waals surface area (Å²) in [6.07, 6.45) is 0. The third-order valence-electron chi connectivity index (χ3n) is 2.97. The molecule has 0 aromatic heterocycles. The molecule has 2 aromatic rings. The van der Waals surface area contributed by atoms with E-state index in [-0.39, 0.29) is 11.9 Å². The molecule has 0 saturated carbocycles. The molecule has 0 unspecified atom stereocenters. The molecule has 20 heavy (non-hydrogen) atoms. The maximum Gasteiger partial charge on any atom is 0.132 e. The van der Waals surface area contributed by atoms with Gasteiger partial charge in [-0.25, -0.2) is 4.39 Å². The molecule has 2 rings (SSSR count). The van der Waals surface area contributed by atoms with Crippen LogP contribution in [0, 0.1) is 24.1 Å². The Morgan fingerprint density at radius 3 is 2.70 bits per heavy atom. The standard InChI is InChI=1S/C16H15FN2O/c1-10-6-16(14(11(2)19)8-15(10)17)20-13-5-3-4-12(7-13)9-18/h3-8,11H,19H2,1-2H3/t11-/m0/s1. The van der Waals surface area contributed by atoms with Crippen LogP contribution in [0.5, 0.6) is 11.5 Å². The molecular formula is C16H15FN2O. The van der Waals surface area contributed by atoms with Crippen LogP contribution in [-0.4, -0.2) is 0 Å². The Labute approximate surface area is 117 Å². The molecule has 0 fully saturated rings. The molecule has 0 saturated heterocycles. The minimum atomic E-state index is -0.348. The van der Waals surface area contributed by atoms with Crippen molar-refractivity contribution in [2.45, 2.75) is 19.9 Å². The highest BCUT2D eigenvalue weighted by Gasteiger charge is 2.13. The van der Waals surface area contributed by atoms with E-state index in [2.05, 4.69) is 0 Å². The zero-order chi connectivity index (χ0) is 14.7. The van der Waals surface area contributed by atoms with Gasteiger partial charge in [-0.1, -0.05) is 6.07 Å². The SMILES string of the molecule is Cc1cc(Oc2cccc(C#N)c2)c([C@H](C)N)cc1F. The predicted molar refractivity (Wildman–Crippen MR) is 75.0 cm³/mol. The summed E-state index contributed by atoms with van der Waals surface area (Å²) in [5.74, 6) is 0.723. The van der Waals surface area contributed by atoms with Gasteiger partial charge in [-0.05, 0) is 49.7 Å². The Morgan fingerprint density at radius 2 is 2.05 bits per heavy atom. The van der Waals surface area contributed by atoms with Crippen molar-refractivity contribution in [1.29, 1.82) is 5.26 Å². The van der Waals surface area contributed by atoms with Crippen LogP contribution < -0.4 is 10.5 Å². The number of benzene rings is 2. The van der Waals surface area contributed by atoms with Crippen LogP contribution >= 0.6 is 0 Å². The van der Waals surface area contributed by atoms with Crippen LogP contribution in [0.15, 0.2) is 36.4 Å². The fourth-order valence-corrected chi connectivity index (χ4v) is 1.87. The molecule has 3 nitrogen and oxygen atoms in total. The van der Waals surface area contributed by atoms with Gasteiger partial charge in [-0.15, -0.1) is 0 Å². The molecule has 0 heterocycles. The molecule has 1 atom stereocenters. The van der Waals surface area contributed by atoms with Crippen LogP contribution in [0.25, 0.3) is 0 Å². The van der Waals surface area contributed by atoms with Crippen molar-refractivity contribution in [3.05, 3.63) is 58.9 Å². The molecule has 0 aliphatic heterocycles. The summed E-state index contributed by atoms with van der Waals surface area (Å²) >= 11 is 0. The van der Waals surface area contributed by atoms with Crippen molar-refractivity contribution in [1.82, 2.24) is 0 Å². The third kappa shape index (κ3) is 2.95. The molecule has 0 aliphatic rings. The molecule has 2 aromatic carbocycles. The number of hydrogen-bond acceptors (Lipinski definition) is 3. The van der Waals surface area contributed by atoms with Crippen LogP contribution in [0.1, 0.15) is 29.7 Å². The first-order chi connectivity index (χ1) is 9.51. The summed E-state index contributed by atoms with van der Waals surface area (Å²) in [7, 11) is 0. The van der Waals surface area contributed by atoms with Gasteiger partial charge in [0.2, 0.25) is 0 Å². The molecule has 0 amide bonds. The zero-order valence-electron chi connectivity index (χ0n) is 11.4. The van der Waals surface area contributed by atoms with Crippen molar-refractivity contribution >= 4 is 0 Å². The molecule has 102 valence electrons. The van der Waals surface area contributed by atoms with E-state index in [0.717, 1.165) is 0 Å². The summed E-state index contributed by atoms with van der Waals surface area (Å²) in [5, 5.41) is 8.88. The third-order valence-corrected chi connectivity index (χ3v) is 2.97. The second-order valence-corrected chi connectivity index (χ2v) is 4.67. The number of nitrogens with two attached hydrogens (primary N) is 1. The minimum absolute atomic E-state index is 0.310. The summed E-state index contributed by atoms with van der Waals surface area (Å²) in [6, 6.07) is 11.5. The molecule has 2 N–H and O–H groups in total. The number of aryl methyl sites for hydroxylation is 1. The lowest BCUT2D eigenvalue weighted by atomic mass is 10.0. The number of nitriles is 1. The maximum absolute atomic E-state index is 13.6. The molecule has 0 bridgehead atoms. The normalized spacial score (nSPS) is 11.8. The van der Waals surface area contributed by atoms with Gasteiger partial charge < -0.3 is 10.5 Å². The van der Waals surface area contributed by atoms with E-state index in [1.54, 1.807) is 44.2 Å². The molecule has 4 heteroatoms. The van der Waals surface area contributed by atoms with E-state index in [0.29, 0.717) is 28.2 Å². The van der Waals surface area contributed by atoms with Gasteiger partial charge in [0.15, 0.2) is 0 Å². The van der Waals surface area contributed by atoms with Crippen molar-refractivity contribution in [3.63, 3.8) is 0 Å². The van der Waals surface area contributed by atoms with E-state index in [1.807, 2.05) is 6.07 Å². The van der Waals surface area contributed by atoms with Crippen molar-refractivity contribution in [2.24, 2.45) is 5.73 Å². The Bertz CT molecular complexity index is 675. The summed E-state index contributed by atoms with van der Waals surface area (Å²) < 4.78 is 19.4. The number of nitrogens with zero attached hydrogens (tertiary/aromatic N) is 1. The minimum Gasteiger partial charge on any atom is -0.457 e. The summed E-state index contributed by atoms with van der Waals surface area (Å²) in [5.41, 5.74) is 7.43. The fourth-order valence-electron chi connectivity index (χ4n) is 1.87. The monoisotopic (exact) mass is 270 g/mol. The van der Waals surface area contributed by atoms with Crippen LogP contribution in [0.2, 0.25) is 0 Å².